The van der Waals surface area contributed by atoms with Crippen LogP contribution in [-0.2, 0) is 4.79 Å². The molecule has 0 bridgehead atoms. The number of carbonyl (C=O) groups is 1. The lowest BCUT2D eigenvalue weighted by Crippen LogP contribution is -2.26. The fourth-order valence-electron chi connectivity index (χ4n) is 1.41. The molecule has 3 nitrogen and oxygen atoms in total. The highest BCUT2D eigenvalue weighted by Gasteiger charge is 2.09. The molecule has 1 amide bonds. The fourth-order valence-corrected chi connectivity index (χ4v) is 1.41. The normalized spacial score (nSPS) is 12.2. The Balaban J connectivity index is 2.52. The maximum Gasteiger partial charge on any atom is 0.220 e. The van der Waals surface area contributed by atoms with E-state index in [1.807, 2.05) is 0 Å². The maximum atomic E-state index is 12.9. The second-order valence-electron chi connectivity index (χ2n) is 3.67. The Labute approximate surface area is 94.3 Å². The minimum atomic E-state index is -0.311. The van der Waals surface area contributed by atoms with Crippen LogP contribution in [-0.4, -0.2) is 17.6 Å². The maximum absolute atomic E-state index is 12.9. The molecule has 0 aliphatic heterocycles. The van der Waals surface area contributed by atoms with Gasteiger partial charge in [0.05, 0.1) is 6.04 Å². The smallest absolute Gasteiger partial charge is 0.220 e. The van der Waals surface area contributed by atoms with Gasteiger partial charge in [-0.25, -0.2) is 4.39 Å². The average Bonchev–Trinajstić information content (AvgIpc) is 2.26. The van der Waals surface area contributed by atoms with Gasteiger partial charge in [-0.1, -0.05) is 12.1 Å². The zero-order chi connectivity index (χ0) is 12.0. The molecule has 0 unspecified atom stereocenters. The van der Waals surface area contributed by atoms with Crippen molar-refractivity contribution in [1.29, 1.82) is 0 Å². The molecular formula is C12H16FNO2. The lowest BCUT2D eigenvalue weighted by Gasteiger charge is -2.14. The second-order valence-corrected chi connectivity index (χ2v) is 3.67. The number of nitrogens with one attached hydrogen (secondary N) is 1. The van der Waals surface area contributed by atoms with Crippen LogP contribution in [0.3, 0.4) is 0 Å². The molecule has 0 saturated carbocycles. The molecule has 0 radical (unpaired) electrons. The van der Waals surface area contributed by atoms with Crippen molar-refractivity contribution in [2.45, 2.75) is 25.8 Å². The van der Waals surface area contributed by atoms with Gasteiger partial charge in [0, 0.05) is 13.0 Å². The SMILES string of the molecule is C[C@@H](NC(=O)CCCO)c1cccc(F)c1. The van der Waals surface area contributed by atoms with E-state index in [4.69, 9.17) is 5.11 Å². The molecule has 88 valence electrons. The molecule has 2 N–H and O–H groups in total. The number of aliphatic hydroxyl groups excluding tert-OH is 1. The molecule has 1 atom stereocenters. The summed E-state index contributed by atoms with van der Waals surface area (Å²) in [7, 11) is 0. The van der Waals surface area contributed by atoms with Crippen molar-refractivity contribution in [3.63, 3.8) is 0 Å². The molecule has 0 saturated heterocycles. The van der Waals surface area contributed by atoms with Crippen molar-refractivity contribution in [3.05, 3.63) is 35.6 Å². The summed E-state index contributed by atoms with van der Waals surface area (Å²) >= 11 is 0. The first kappa shape index (κ1) is 12.6. The van der Waals surface area contributed by atoms with Crippen LogP contribution in [0, 0.1) is 5.82 Å². The Morgan fingerprint density at radius 2 is 2.31 bits per heavy atom. The van der Waals surface area contributed by atoms with Gasteiger partial charge in [-0.15, -0.1) is 0 Å². The van der Waals surface area contributed by atoms with Gasteiger partial charge < -0.3 is 10.4 Å². The Kier molecular flexibility index (Phi) is 4.92. The molecule has 1 aromatic rings. The summed E-state index contributed by atoms with van der Waals surface area (Å²) in [6.07, 6.45) is 0.734. The molecule has 1 aromatic carbocycles. The molecule has 0 heterocycles. The van der Waals surface area contributed by atoms with Crippen LogP contribution >= 0.6 is 0 Å². The molecule has 4 heteroatoms. The van der Waals surface area contributed by atoms with E-state index in [9.17, 15) is 9.18 Å². The summed E-state index contributed by atoms with van der Waals surface area (Å²) in [6.45, 7) is 1.80. The number of amides is 1. The Morgan fingerprint density at radius 1 is 1.56 bits per heavy atom. The number of aliphatic hydroxyl groups is 1. The third kappa shape index (κ3) is 3.98. The molecule has 0 aliphatic rings. The highest BCUT2D eigenvalue weighted by atomic mass is 19.1. The van der Waals surface area contributed by atoms with Gasteiger partial charge in [-0.3, -0.25) is 4.79 Å². The molecule has 16 heavy (non-hydrogen) atoms. The fraction of sp³-hybridized carbons (Fsp3) is 0.417. The van der Waals surface area contributed by atoms with E-state index in [2.05, 4.69) is 5.32 Å². The number of rotatable bonds is 5. The Hall–Kier alpha value is -1.42. The molecule has 0 spiro atoms. The number of hydrogen-bond acceptors (Lipinski definition) is 2. The van der Waals surface area contributed by atoms with Crippen LogP contribution in [0.1, 0.15) is 31.4 Å². The summed E-state index contributed by atoms with van der Waals surface area (Å²) in [5.41, 5.74) is 0.734. The Morgan fingerprint density at radius 3 is 2.94 bits per heavy atom. The molecule has 1 rings (SSSR count). The van der Waals surface area contributed by atoms with Crippen LogP contribution in [0.2, 0.25) is 0 Å². The summed E-state index contributed by atoms with van der Waals surface area (Å²) in [5, 5.41) is 11.3. The quantitative estimate of drug-likeness (QED) is 0.802. The summed E-state index contributed by atoms with van der Waals surface area (Å²) in [5.74, 6) is -0.445. The van der Waals surface area contributed by atoms with Gasteiger partial charge in [0.2, 0.25) is 5.91 Å². The molecule has 0 fully saturated rings. The minimum absolute atomic E-state index is 0.00175. The summed E-state index contributed by atoms with van der Waals surface area (Å²) < 4.78 is 12.9. The highest BCUT2D eigenvalue weighted by molar-refractivity contribution is 5.76. The third-order valence-corrected chi connectivity index (χ3v) is 2.29. The average molecular weight is 225 g/mol. The zero-order valence-electron chi connectivity index (χ0n) is 9.24. The largest absolute Gasteiger partial charge is 0.396 e. The highest BCUT2D eigenvalue weighted by Crippen LogP contribution is 2.13. The van der Waals surface area contributed by atoms with Gasteiger partial charge in [-0.2, -0.15) is 0 Å². The first-order chi connectivity index (χ1) is 7.63. The zero-order valence-corrected chi connectivity index (χ0v) is 9.24. The van der Waals surface area contributed by atoms with Crippen molar-refractivity contribution in [1.82, 2.24) is 5.32 Å². The van der Waals surface area contributed by atoms with Gasteiger partial charge in [0.1, 0.15) is 5.82 Å². The van der Waals surface area contributed by atoms with Crippen molar-refractivity contribution >= 4 is 5.91 Å². The van der Waals surface area contributed by atoms with Crippen LogP contribution in [0.25, 0.3) is 0 Å². The molecule has 0 aliphatic carbocycles. The summed E-state index contributed by atoms with van der Waals surface area (Å²) in [6, 6.07) is 5.92. The summed E-state index contributed by atoms with van der Waals surface area (Å²) in [4.78, 5) is 11.4. The lowest BCUT2D eigenvalue weighted by atomic mass is 10.1. The Bertz CT molecular complexity index is 355. The van der Waals surface area contributed by atoms with Crippen LogP contribution in [0.5, 0.6) is 0 Å². The van der Waals surface area contributed by atoms with Crippen LogP contribution < -0.4 is 5.32 Å². The standard InChI is InChI=1S/C12H16FNO2/c1-9(14-12(16)6-3-7-15)10-4-2-5-11(13)8-10/h2,4-5,8-9,15H,3,6-7H2,1H3,(H,14,16)/t9-/m1/s1. The van der Waals surface area contributed by atoms with Crippen LogP contribution in [0.15, 0.2) is 24.3 Å². The number of hydrogen-bond donors (Lipinski definition) is 2. The first-order valence-corrected chi connectivity index (χ1v) is 5.29. The van der Waals surface area contributed by atoms with Gasteiger partial charge in [-0.05, 0) is 31.0 Å². The monoisotopic (exact) mass is 225 g/mol. The number of carbonyl (C=O) groups excluding carboxylic acids is 1. The third-order valence-electron chi connectivity index (χ3n) is 2.29. The lowest BCUT2D eigenvalue weighted by molar-refractivity contribution is -0.122. The predicted octanol–water partition coefficient (Wildman–Crippen LogP) is 1.78. The van der Waals surface area contributed by atoms with Gasteiger partial charge >= 0.3 is 0 Å². The van der Waals surface area contributed by atoms with Crippen molar-refractivity contribution < 1.29 is 14.3 Å². The van der Waals surface area contributed by atoms with Gasteiger partial charge in [0.25, 0.3) is 0 Å². The van der Waals surface area contributed by atoms with E-state index >= 15 is 0 Å². The number of halogens is 1. The van der Waals surface area contributed by atoms with Gasteiger partial charge in [0.15, 0.2) is 0 Å². The van der Waals surface area contributed by atoms with Crippen molar-refractivity contribution in [2.75, 3.05) is 6.61 Å². The van der Waals surface area contributed by atoms with E-state index < -0.39 is 0 Å². The van der Waals surface area contributed by atoms with E-state index in [0.717, 1.165) is 5.56 Å². The molecular weight excluding hydrogens is 209 g/mol. The van der Waals surface area contributed by atoms with Crippen molar-refractivity contribution in [2.24, 2.45) is 0 Å². The topological polar surface area (TPSA) is 49.3 Å². The second kappa shape index (κ2) is 6.23. The minimum Gasteiger partial charge on any atom is -0.396 e. The van der Waals surface area contributed by atoms with E-state index in [0.29, 0.717) is 6.42 Å². The van der Waals surface area contributed by atoms with Crippen LogP contribution in [0.4, 0.5) is 4.39 Å². The van der Waals surface area contributed by atoms with E-state index in [1.54, 1.807) is 19.1 Å². The predicted molar refractivity (Wildman–Crippen MR) is 59.3 cm³/mol. The van der Waals surface area contributed by atoms with E-state index in [1.165, 1.54) is 12.1 Å². The molecule has 0 aromatic heterocycles. The number of benzene rings is 1. The van der Waals surface area contributed by atoms with Crippen molar-refractivity contribution in [3.8, 4) is 0 Å². The van der Waals surface area contributed by atoms with E-state index in [-0.39, 0.29) is 30.8 Å². The first-order valence-electron chi connectivity index (χ1n) is 5.29.